The molecule has 0 spiro atoms. The molecule has 1 aliphatic rings. The van der Waals surface area contributed by atoms with E-state index in [4.69, 9.17) is 4.74 Å². The van der Waals surface area contributed by atoms with Gasteiger partial charge in [-0.05, 0) is 38.6 Å². The van der Waals surface area contributed by atoms with Gasteiger partial charge in [0.1, 0.15) is 11.5 Å². The molecule has 1 heterocycles. The van der Waals surface area contributed by atoms with Crippen LogP contribution >= 0.6 is 0 Å². The maximum Gasteiger partial charge on any atom is 0.116 e. The van der Waals surface area contributed by atoms with Gasteiger partial charge >= 0.3 is 0 Å². The molecule has 0 saturated carbocycles. The first-order chi connectivity index (χ1) is 7.00. The number of benzene rings is 1. The van der Waals surface area contributed by atoms with Crippen LogP contribution in [-0.4, -0.2) is 29.4 Å². The van der Waals surface area contributed by atoms with Crippen molar-refractivity contribution in [1.29, 1.82) is 0 Å². The van der Waals surface area contributed by atoms with Crippen LogP contribution in [0.5, 0.6) is 5.75 Å². The van der Waals surface area contributed by atoms with Crippen molar-refractivity contribution in [1.82, 2.24) is 4.90 Å². The summed E-state index contributed by atoms with van der Waals surface area (Å²) < 4.78 is 5.71. The first-order valence-corrected chi connectivity index (χ1v) is 5.16. The number of nitrogens with zero attached hydrogens (tertiary/aromatic N) is 1. The predicted molar refractivity (Wildman–Crippen MR) is 58.6 cm³/mol. The molecule has 0 aliphatic carbocycles. The highest BCUT2D eigenvalue weighted by atomic mass is 16.5. The smallest absolute Gasteiger partial charge is 0.116 e. The number of rotatable bonds is 1. The average molecular weight is 207 g/mol. The summed E-state index contributed by atoms with van der Waals surface area (Å²) in [6.45, 7) is 4.83. The van der Waals surface area contributed by atoms with Crippen molar-refractivity contribution in [2.24, 2.45) is 0 Å². The van der Waals surface area contributed by atoms with Crippen molar-refractivity contribution >= 4 is 0 Å². The van der Waals surface area contributed by atoms with E-state index in [1.807, 2.05) is 12.1 Å². The Bertz CT molecular complexity index is 345. The Morgan fingerprint density at radius 1 is 1.33 bits per heavy atom. The highest BCUT2D eigenvalue weighted by Gasteiger charge is 2.38. The lowest BCUT2D eigenvalue weighted by Gasteiger charge is -2.29. The van der Waals surface area contributed by atoms with E-state index >= 15 is 0 Å². The number of likely N-dealkylation sites (N-methyl/N-ethyl adjacent to an activating group) is 1. The minimum absolute atomic E-state index is 0.206. The fourth-order valence-corrected chi connectivity index (χ4v) is 1.89. The van der Waals surface area contributed by atoms with Crippen LogP contribution in [-0.2, 0) is 4.74 Å². The third-order valence-electron chi connectivity index (χ3n) is 3.19. The lowest BCUT2D eigenvalue weighted by Crippen LogP contribution is -2.37. The summed E-state index contributed by atoms with van der Waals surface area (Å²) in [5.41, 5.74) is 0.976. The van der Waals surface area contributed by atoms with Gasteiger partial charge in [0.25, 0.3) is 0 Å². The van der Waals surface area contributed by atoms with E-state index in [1.165, 1.54) is 5.56 Å². The largest absolute Gasteiger partial charge is 0.508 e. The number of hydrogen-bond acceptors (Lipinski definition) is 3. The third-order valence-corrected chi connectivity index (χ3v) is 3.19. The normalized spacial score (nSPS) is 25.7. The molecule has 1 atom stereocenters. The van der Waals surface area contributed by atoms with Crippen molar-refractivity contribution in [2.45, 2.75) is 25.6 Å². The minimum atomic E-state index is -0.206. The molecule has 1 saturated heterocycles. The van der Waals surface area contributed by atoms with Crippen molar-refractivity contribution in [3.63, 3.8) is 0 Å². The summed E-state index contributed by atoms with van der Waals surface area (Å²) in [5.74, 6) is 0.305. The highest BCUT2D eigenvalue weighted by Crippen LogP contribution is 2.35. The van der Waals surface area contributed by atoms with Crippen molar-refractivity contribution in [3.8, 4) is 5.75 Å². The highest BCUT2D eigenvalue weighted by molar-refractivity contribution is 5.28. The Hall–Kier alpha value is -1.06. The summed E-state index contributed by atoms with van der Waals surface area (Å²) in [4.78, 5) is 2.21. The molecule has 15 heavy (non-hydrogen) atoms. The van der Waals surface area contributed by atoms with E-state index in [2.05, 4.69) is 25.8 Å². The second-order valence-corrected chi connectivity index (χ2v) is 4.48. The van der Waals surface area contributed by atoms with E-state index in [0.717, 1.165) is 0 Å². The van der Waals surface area contributed by atoms with Crippen LogP contribution in [0.1, 0.15) is 25.5 Å². The van der Waals surface area contributed by atoms with Crippen molar-refractivity contribution in [3.05, 3.63) is 29.8 Å². The van der Waals surface area contributed by atoms with Crippen LogP contribution in [0, 0.1) is 0 Å². The quantitative estimate of drug-likeness (QED) is 0.765. The summed E-state index contributed by atoms with van der Waals surface area (Å²) in [6, 6.07) is 7.60. The summed E-state index contributed by atoms with van der Waals surface area (Å²) in [7, 11) is 2.06. The molecule has 1 aromatic rings. The molecule has 1 aromatic carbocycles. The van der Waals surface area contributed by atoms with Gasteiger partial charge < -0.3 is 9.84 Å². The second kappa shape index (κ2) is 3.51. The molecule has 3 nitrogen and oxygen atoms in total. The average Bonchev–Trinajstić information content (AvgIpc) is 2.45. The molecule has 1 N–H and O–H groups in total. The van der Waals surface area contributed by atoms with Crippen molar-refractivity contribution < 1.29 is 9.84 Å². The van der Waals surface area contributed by atoms with Crippen LogP contribution in [0.4, 0.5) is 0 Å². The zero-order valence-electron chi connectivity index (χ0n) is 9.40. The van der Waals surface area contributed by atoms with Gasteiger partial charge in [-0.25, -0.2) is 0 Å². The molecule has 82 valence electrons. The zero-order valence-corrected chi connectivity index (χ0v) is 9.40. The number of hydrogen-bond donors (Lipinski definition) is 1. The lowest BCUT2D eigenvalue weighted by atomic mass is 10.1. The summed E-state index contributed by atoms with van der Waals surface area (Å²) >= 11 is 0. The van der Waals surface area contributed by atoms with Crippen LogP contribution < -0.4 is 0 Å². The molecule has 0 bridgehead atoms. The van der Waals surface area contributed by atoms with E-state index in [-0.39, 0.29) is 11.8 Å². The fourth-order valence-electron chi connectivity index (χ4n) is 1.89. The molecule has 1 fully saturated rings. The monoisotopic (exact) mass is 207 g/mol. The Morgan fingerprint density at radius 3 is 2.40 bits per heavy atom. The molecule has 3 heteroatoms. The molecular weight excluding hydrogens is 190 g/mol. The van der Waals surface area contributed by atoms with Crippen molar-refractivity contribution in [2.75, 3.05) is 13.7 Å². The summed E-state index contributed by atoms with van der Waals surface area (Å²) in [6.07, 6.45) is 0. The molecule has 1 aliphatic heterocycles. The second-order valence-electron chi connectivity index (χ2n) is 4.48. The Morgan fingerprint density at radius 2 is 1.93 bits per heavy atom. The molecule has 1 unspecified atom stereocenters. The minimum Gasteiger partial charge on any atom is -0.508 e. The fraction of sp³-hybridized carbons (Fsp3) is 0.500. The number of phenols is 1. The number of ether oxygens (including phenoxy) is 1. The maximum absolute atomic E-state index is 9.22. The molecule has 2 rings (SSSR count). The van der Waals surface area contributed by atoms with Gasteiger partial charge in [0.15, 0.2) is 0 Å². The van der Waals surface area contributed by atoms with Gasteiger partial charge in [0, 0.05) is 0 Å². The summed E-state index contributed by atoms with van der Waals surface area (Å²) in [5, 5.41) is 9.22. The van der Waals surface area contributed by atoms with E-state index in [0.29, 0.717) is 12.4 Å². The standard InChI is InChI=1S/C12H17NO2/c1-12(2)13(3)11(8-15-12)9-4-6-10(14)7-5-9/h4-7,11,14H,8H2,1-3H3. The molecule has 0 amide bonds. The molecule has 0 radical (unpaired) electrons. The van der Waals surface area contributed by atoms with Gasteiger partial charge in [0.2, 0.25) is 0 Å². The Kier molecular flexibility index (Phi) is 2.44. The Labute approximate surface area is 90.3 Å². The van der Waals surface area contributed by atoms with Gasteiger partial charge in [-0.3, -0.25) is 4.90 Å². The third kappa shape index (κ3) is 1.85. The van der Waals surface area contributed by atoms with Crippen LogP contribution in [0.15, 0.2) is 24.3 Å². The Balaban J connectivity index is 2.23. The van der Waals surface area contributed by atoms with Gasteiger partial charge in [0.05, 0.1) is 12.6 Å². The first-order valence-electron chi connectivity index (χ1n) is 5.16. The van der Waals surface area contributed by atoms with Crippen LogP contribution in [0.25, 0.3) is 0 Å². The molecular formula is C12H17NO2. The van der Waals surface area contributed by atoms with E-state index < -0.39 is 0 Å². The van der Waals surface area contributed by atoms with E-state index in [1.54, 1.807) is 12.1 Å². The first kappa shape index (κ1) is 10.5. The zero-order chi connectivity index (χ0) is 11.1. The van der Waals surface area contributed by atoms with E-state index in [9.17, 15) is 5.11 Å². The van der Waals surface area contributed by atoms with Crippen LogP contribution in [0.3, 0.4) is 0 Å². The van der Waals surface area contributed by atoms with Gasteiger partial charge in [-0.1, -0.05) is 12.1 Å². The number of phenolic OH excluding ortho intramolecular Hbond substituents is 1. The predicted octanol–water partition coefficient (Wildman–Crippen LogP) is 2.13. The van der Waals surface area contributed by atoms with Gasteiger partial charge in [-0.15, -0.1) is 0 Å². The lowest BCUT2D eigenvalue weighted by molar-refractivity contribution is -0.0413. The van der Waals surface area contributed by atoms with Gasteiger partial charge in [-0.2, -0.15) is 0 Å². The number of aromatic hydroxyl groups is 1. The topological polar surface area (TPSA) is 32.7 Å². The SMILES string of the molecule is CN1C(c2ccc(O)cc2)COC1(C)C. The van der Waals surface area contributed by atoms with Crippen LogP contribution in [0.2, 0.25) is 0 Å². The molecule has 0 aromatic heterocycles. The maximum atomic E-state index is 9.22.